The average Bonchev–Trinajstić information content (AvgIpc) is 3.62. The van der Waals surface area contributed by atoms with Crippen molar-refractivity contribution in [2.45, 2.75) is 29.5 Å². The molecule has 3 N–H and O–H groups in total. The van der Waals surface area contributed by atoms with Crippen molar-refractivity contribution >= 4 is 66.6 Å². The molecule has 206 valence electrons. The first-order valence-corrected chi connectivity index (χ1v) is 15.3. The second kappa shape index (κ2) is 11.3. The van der Waals surface area contributed by atoms with Gasteiger partial charge in [0.1, 0.15) is 11.6 Å². The van der Waals surface area contributed by atoms with Crippen LogP contribution in [0.15, 0.2) is 75.5 Å². The van der Waals surface area contributed by atoms with Gasteiger partial charge in [-0.3, -0.25) is 14.5 Å². The van der Waals surface area contributed by atoms with E-state index in [4.69, 9.17) is 10.5 Å². The molecule has 13 heteroatoms. The summed E-state index contributed by atoms with van der Waals surface area (Å²) in [7, 11) is 1.58. The number of thioether (sulfide) groups is 1. The van der Waals surface area contributed by atoms with E-state index in [9.17, 15) is 14.9 Å². The van der Waals surface area contributed by atoms with Gasteiger partial charge in [-0.15, -0.1) is 10.2 Å². The molecule has 0 bridgehead atoms. The van der Waals surface area contributed by atoms with Gasteiger partial charge >= 0.3 is 0 Å². The van der Waals surface area contributed by atoms with E-state index in [0.717, 1.165) is 21.5 Å². The van der Waals surface area contributed by atoms with E-state index in [2.05, 4.69) is 26.6 Å². The number of benzene rings is 2. The van der Waals surface area contributed by atoms with Gasteiger partial charge in [-0.05, 0) is 42.7 Å². The number of aromatic nitrogens is 3. The maximum Gasteiger partial charge on any atom is 0.236 e. The van der Waals surface area contributed by atoms with Gasteiger partial charge in [-0.1, -0.05) is 58.7 Å². The SMILES string of the molecule is COc1ccc(C2C(C#N)=C(N)N(c3nnc(SCC(=O)Nc4nc5ccccc5s4)s3)C3=C2C(=O)CCC3)cc1. The predicted molar refractivity (Wildman–Crippen MR) is 160 cm³/mol. The molecule has 3 heterocycles. The number of anilines is 2. The zero-order valence-electron chi connectivity index (χ0n) is 21.8. The topological polar surface area (TPSA) is 147 Å². The lowest BCUT2D eigenvalue weighted by Crippen LogP contribution is -2.38. The van der Waals surface area contributed by atoms with Crippen LogP contribution in [-0.2, 0) is 9.59 Å². The summed E-state index contributed by atoms with van der Waals surface area (Å²) in [5.74, 6) is 0.230. The fourth-order valence-corrected chi connectivity index (χ4v) is 7.56. The molecule has 0 saturated carbocycles. The van der Waals surface area contributed by atoms with Crippen molar-refractivity contribution in [3.8, 4) is 11.8 Å². The van der Waals surface area contributed by atoms with Gasteiger partial charge in [0.15, 0.2) is 15.3 Å². The van der Waals surface area contributed by atoms with Crippen LogP contribution in [0.1, 0.15) is 30.7 Å². The number of nitrogens with zero attached hydrogens (tertiary/aromatic N) is 5. The average molecular weight is 602 g/mol. The Labute approximate surface area is 247 Å². The van der Waals surface area contributed by atoms with Crippen LogP contribution in [0.4, 0.5) is 10.3 Å². The van der Waals surface area contributed by atoms with Crippen LogP contribution in [-0.4, -0.2) is 39.7 Å². The summed E-state index contributed by atoms with van der Waals surface area (Å²) in [6.45, 7) is 0. The molecule has 0 radical (unpaired) electrons. The monoisotopic (exact) mass is 601 g/mol. The van der Waals surface area contributed by atoms with Gasteiger partial charge in [0.2, 0.25) is 11.0 Å². The van der Waals surface area contributed by atoms with Gasteiger partial charge in [0, 0.05) is 17.7 Å². The molecule has 2 aliphatic rings. The zero-order valence-corrected chi connectivity index (χ0v) is 24.2. The first-order chi connectivity index (χ1) is 20.0. The fourth-order valence-electron chi connectivity index (χ4n) is 4.99. The Hall–Kier alpha value is -4.25. The first-order valence-electron chi connectivity index (χ1n) is 12.7. The van der Waals surface area contributed by atoms with E-state index in [1.807, 2.05) is 48.5 Å². The highest BCUT2D eigenvalue weighted by Crippen LogP contribution is 2.47. The lowest BCUT2D eigenvalue weighted by atomic mass is 9.76. The minimum absolute atomic E-state index is 0.0112. The van der Waals surface area contributed by atoms with Crippen LogP contribution in [0.2, 0.25) is 0 Å². The van der Waals surface area contributed by atoms with E-state index in [1.54, 1.807) is 12.0 Å². The van der Waals surface area contributed by atoms with Crippen LogP contribution in [0.5, 0.6) is 5.75 Å². The Bertz CT molecular complexity index is 1740. The molecule has 1 unspecified atom stereocenters. The van der Waals surface area contributed by atoms with Gasteiger partial charge in [-0.2, -0.15) is 5.26 Å². The smallest absolute Gasteiger partial charge is 0.236 e. The number of fused-ring (bicyclic) bond motifs is 1. The highest BCUT2D eigenvalue weighted by Gasteiger charge is 2.41. The second-order valence-electron chi connectivity index (χ2n) is 9.26. The summed E-state index contributed by atoms with van der Waals surface area (Å²) in [5, 5.41) is 22.6. The highest BCUT2D eigenvalue weighted by atomic mass is 32.2. The van der Waals surface area contributed by atoms with Crippen LogP contribution in [0.25, 0.3) is 10.2 Å². The molecule has 1 aliphatic carbocycles. The molecule has 6 rings (SSSR count). The molecular weight excluding hydrogens is 579 g/mol. The summed E-state index contributed by atoms with van der Waals surface area (Å²) in [6.07, 6.45) is 1.68. The molecule has 2 aromatic carbocycles. The van der Waals surface area contributed by atoms with Gasteiger partial charge < -0.3 is 15.8 Å². The van der Waals surface area contributed by atoms with Crippen LogP contribution >= 0.6 is 34.4 Å². The number of thiazole rings is 1. The van der Waals surface area contributed by atoms with E-state index in [-0.39, 0.29) is 28.8 Å². The number of ether oxygens (including phenoxy) is 1. The number of para-hydroxylation sites is 1. The Kier molecular flexibility index (Phi) is 7.44. The number of hydrogen-bond donors (Lipinski definition) is 2. The quantitative estimate of drug-likeness (QED) is 0.271. The lowest BCUT2D eigenvalue weighted by molar-refractivity contribution is -0.116. The lowest BCUT2D eigenvalue weighted by Gasteiger charge is -2.38. The largest absolute Gasteiger partial charge is 0.497 e. The minimum Gasteiger partial charge on any atom is -0.497 e. The highest BCUT2D eigenvalue weighted by molar-refractivity contribution is 8.01. The van der Waals surface area contributed by atoms with Crippen molar-refractivity contribution in [3.05, 3.63) is 76.8 Å². The van der Waals surface area contributed by atoms with Crippen molar-refractivity contribution in [3.63, 3.8) is 0 Å². The predicted octanol–water partition coefficient (Wildman–Crippen LogP) is 5.19. The molecule has 2 aromatic heterocycles. The van der Waals surface area contributed by atoms with Crippen molar-refractivity contribution in [2.24, 2.45) is 5.73 Å². The van der Waals surface area contributed by atoms with Gasteiger partial charge in [0.05, 0.1) is 40.6 Å². The number of ketones is 1. The van der Waals surface area contributed by atoms with Gasteiger partial charge in [0.25, 0.3) is 0 Å². The third kappa shape index (κ3) is 5.17. The summed E-state index contributed by atoms with van der Waals surface area (Å²) in [6, 6.07) is 17.3. The molecular formula is C28H23N7O3S3. The standard InChI is InChI=1S/C28H23N7O3S3/c1-38-16-11-9-15(10-12-16)23-17(13-29)25(30)35(19-6-4-7-20(36)24(19)23)27-33-34-28(41-27)39-14-22(37)32-26-31-18-5-2-3-8-21(18)40-26/h2-3,5,8-12,23H,4,6-7,14,30H2,1H3,(H,31,32,37). The summed E-state index contributed by atoms with van der Waals surface area (Å²) >= 11 is 3.91. The van der Waals surface area contributed by atoms with Crippen LogP contribution < -0.4 is 20.7 Å². The minimum atomic E-state index is -0.571. The summed E-state index contributed by atoms with van der Waals surface area (Å²) in [5.41, 5.74) is 9.83. The first kappa shape index (κ1) is 26.9. The number of carbonyl (C=O) groups excluding carboxylic acids is 2. The molecule has 1 aliphatic heterocycles. The Balaban J connectivity index is 1.24. The number of carbonyl (C=O) groups is 2. The molecule has 0 saturated heterocycles. The third-order valence-corrected chi connectivity index (χ3v) is 9.81. The molecule has 4 aromatic rings. The number of Topliss-reactive ketones (excluding diaryl/α,β-unsaturated/α-hetero) is 1. The van der Waals surface area contributed by atoms with E-state index in [0.29, 0.717) is 45.2 Å². The molecule has 41 heavy (non-hydrogen) atoms. The van der Waals surface area contributed by atoms with Crippen molar-refractivity contribution in [1.82, 2.24) is 15.2 Å². The maximum atomic E-state index is 13.3. The maximum absolute atomic E-state index is 13.3. The number of nitriles is 1. The molecule has 1 atom stereocenters. The molecule has 0 spiro atoms. The van der Waals surface area contributed by atoms with Crippen molar-refractivity contribution < 1.29 is 14.3 Å². The molecule has 10 nitrogen and oxygen atoms in total. The number of amides is 1. The summed E-state index contributed by atoms with van der Waals surface area (Å²) < 4.78 is 6.84. The Morgan fingerprint density at radius 1 is 1.20 bits per heavy atom. The fraction of sp³-hybridized carbons (Fsp3) is 0.214. The number of methoxy groups -OCH3 is 1. The Morgan fingerprint density at radius 3 is 2.76 bits per heavy atom. The second-order valence-corrected chi connectivity index (χ2v) is 12.5. The zero-order chi connectivity index (χ0) is 28.5. The van der Waals surface area contributed by atoms with Crippen molar-refractivity contribution in [1.29, 1.82) is 5.26 Å². The van der Waals surface area contributed by atoms with Crippen LogP contribution in [0, 0.1) is 11.3 Å². The van der Waals surface area contributed by atoms with Crippen molar-refractivity contribution in [2.75, 3.05) is 23.1 Å². The van der Waals surface area contributed by atoms with E-state index in [1.165, 1.54) is 34.4 Å². The number of nitrogens with one attached hydrogen (secondary N) is 1. The normalized spacial score (nSPS) is 17.0. The third-order valence-electron chi connectivity index (χ3n) is 6.82. The number of hydrogen-bond acceptors (Lipinski definition) is 12. The number of allylic oxidation sites excluding steroid dienone is 3. The van der Waals surface area contributed by atoms with E-state index >= 15 is 0 Å². The molecule has 1 amide bonds. The molecule has 0 fully saturated rings. The number of nitrogens with two attached hydrogens (primary N) is 1. The Morgan fingerprint density at radius 2 is 2.00 bits per heavy atom. The summed E-state index contributed by atoms with van der Waals surface area (Å²) in [4.78, 5) is 32.0. The van der Waals surface area contributed by atoms with E-state index < -0.39 is 5.92 Å². The van der Waals surface area contributed by atoms with Crippen LogP contribution in [0.3, 0.4) is 0 Å². The van der Waals surface area contributed by atoms with Gasteiger partial charge in [-0.25, -0.2) is 4.98 Å². The number of rotatable bonds is 7.